The predicted molar refractivity (Wildman–Crippen MR) is 138 cm³/mol. The Balaban J connectivity index is 1.38. The molecule has 2 heterocycles. The van der Waals surface area contributed by atoms with Crippen molar-refractivity contribution < 1.29 is 9.22 Å². The lowest BCUT2D eigenvalue weighted by molar-refractivity contribution is 0.0571. The third-order valence-corrected chi connectivity index (χ3v) is 12.6. The summed E-state index contributed by atoms with van der Waals surface area (Å²) in [5.74, 6) is 0.0725. The molecule has 1 saturated heterocycles. The van der Waals surface area contributed by atoms with Crippen molar-refractivity contribution in [1.82, 2.24) is 15.1 Å². The number of hydrogen-bond acceptors (Lipinski definition) is 3. The summed E-state index contributed by atoms with van der Waals surface area (Å²) in [6.45, 7) is 8.37. The second-order valence-corrected chi connectivity index (χ2v) is 14.9. The number of likely N-dealkylation sites (tertiary alicyclic amines) is 1. The van der Waals surface area contributed by atoms with Gasteiger partial charge in [0.1, 0.15) is 0 Å². The normalized spacial score (nSPS) is 17.1. The highest BCUT2D eigenvalue weighted by molar-refractivity contribution is 6.99. The number of H-pyrrole nitrogens is 1. The zero-order chi connectivity index (χ0) is 23.8. The molecule has 5 rings (SSSR count). The van der Waals surface area contributed by atoms with Crippen molar-refractivity contribution >= 4 is 24.6 Å². The maximum atomic E-state index is 13.2. The van der Waals surface area contributed by atoms with Crippen LogP contribution in [0, 0.1) is 0 Å². The van der Waals surface area contributed by atoms with Crippen LogP contribution >= 0.6 is 0 Å². The van der Waals surface area contributed by atoms with Crippen molar-refractivity contribution in [2.24, 2.45) is 0 Å². The first-order valence-electron chi connectivity index (χ1n) is 12.5. The highest BCUT2D eigenvalue weighted by Crippen LogP contribution is 2.38. The molecule has 3 aromatic rings. The molecule has 1 N–H and O–H groups in total. The van der Waals surface area contributed by atoms with Crippen LogP contribution in [0.5, 0.6) is 0 Å². The van der Waals surface area contributed by atoms with E-state index in [0.717, 1.165) is 43.4 Å². The summed E-state index contributed by atoms with van der Waals surface area (Å²) in [6.07, 6.45) is 4.90. The number of amides is 1. The molecule has 34 heavy (non-hydrogen) atoms. The fraction of sp³-hybridized carbons (Fsp3) is 0.429. The number of carbonyl (C=O) groups excluding carboxylic acids is 1. The van der Waals surface area contributed by atoms with Crippen molar-refractivity contribution in [1.29, 1.82) is 0 Å². The van der Waals surface area contributed by atoms with E-state index in [9.17, 15) is 4.79 Å². The largest absolute Gasteiger partial charge is 0.404 e. The summed E-state index contributed by atoms with van der Waals surface area (Å²) in [6, 6.07) is 21.6. The molecule has 0 radical (unpaired) electrons. The Hall–Kier alpha value is -2.70. The van der Waals surface area contributed by atoms with Gasteiger partial charge in [-0.25, -0.2) is 0 Å². The summed E-state index contributed by atoms with van der Waals surface area (Å²) >= 11 is 0. The van der Waals surface area contributed by atoms with E-state index in [1.807, 2.05) is 4.90 Å². The number of aromatic nitrogens is 2. The van der Waals surface area contributed by atoms with Crippen LogP contribution < -0.4 is 10.4 Å². The number of aromatic amines is 1. The monoisotopic (exact) mass is 473 g/mol. The molecule has 1 fully saturated rings. The quantitative estimate of drug-likeness (QED) is 0.568. The Labute approximate surface area is 203 Å². The third-order valence-electron chi connectivity index (χ3n) is 7.50. The molecule has 0 spiro atoms. The lowest BCUT2D eigenvalue weighted by atomic mass is 10.1. The van der Waals surface area contributed by atoms with Gasteiger partial charge in [-0.15, -0.1) is 0 Å². The summed E-state index contributed by atoms with van der Waals surface area (Å²) in [4.78, 5) is 15.2. The van der Waals surface area contributed by atoms with Crippen LogP contribution in [0.2, 0.25) is 5.04 Å². The summed E-state index contributed by atoms with van der Waals surface area (Å²) < 4.78 is 7.29. The third kappa shape index (κ3) is 4.03. The van der Waals surface area contributed by atoms with Crippen LogP contribution in [0.3, 0.4) is 0 Å². The minimum atomic E-state index is -2.57. The van der Waals surface area contributed by atoms with Gasteiger partial charge in [0.15, 0.2) is 5.69 Å². The lowest BCUT2D eigenvalue weighted by Gasteiger charge is -2.46. The zero-order valence-electron chi connectivity index (χ0n) is 20.5. The number of benzene rings is 2. The number of nitrogens with zero attached hydrogens (tertiary/aromatic N) is 2. The maximum Gasteiger partial charge on any atom is 0.274 e. The number of fused-ring (bicyclic) bond motifs is 1. The molecule has 0 unspecified atom stereocenters. The SMILES string of the molecule is CC(C)(C)[Si](OC1CCN(C(=O)c2n[nH]c3c2CCC3)CC1)(c1ccccc1)c1ccccc1. The van der Waals surface area contributed by atoms with Crippen molar-refractivity contribution in [3.63, 3.8) is 0 Å². The molecule has 1 aromatic heterocycles. The van der Waals surface area contributed by atoms with E-state index in [2.05, 4.69) is 91.6 Å². The van der Waals surface area contributed by atoms with Crippen molar-refractivity contribution in [2.45, 2.75) is 64.0 Å². The van der Waals surface area contributed by atoms with Gasteiger partial charge in [-0.1, -0.05) is 81.4 Å². The van der Waals surface area contributed by atoms with E-state index in [4.69, 9.17) is 4.43 Å². The van der Waals surface area contributed by atoms with Crippen LogP contribution in [-0.4, -0.2) is 48.5 Å². The number of aryl methyl sites for hydroxylation is 1. The van der Waals surface area contributed by atoms with E-state index in [1.165, 1.54) is 10.4 Å². The first-order valence-corrected chi connectivity index (χ1v) is 14.5. The van der Waals surface area contributed by atoms with E-state index in [0.29, 0.717) is 18.8 Å². The maximum absolute atomic E-state index is 13.2. The number of nitrogens with one attached hydrogen (secondary N) is 1. The average Bonchev–Trinajstić information content (AvgIpc) is 3.47. The fourth-order valence-corrected chi connectivity index (χ4v) is 10.5. The summed E-state index contributed by atoms with van der Waals surface area (Å²) in [5.41, 5.74) is 2.92. The summed E-state index contributed by atoms with van der Waals surface area (Å²) in [5, 5.41) is 10.0. The van der Waals surface area contributed by atoms with Gasteiger partial charge in [0.25, 0.3) is 14.2 Å². The van der Waals surface area contributed by atoms with E-state index >= 15 is 0 Å². The smallest absolute Gasteiger partial charge is 0.274 e. The van der Waals surface area contributed by atoms with Crippen molar-refractivity contribution in [3.8, 4) is 0 Å². The second kappa shape index (κ2) is 9.15. The van der Waals surface area contributed by atoms with Gasteiger partial charge in [-0.05, 0) is 47.5 Å². The van der Waals surface area contributed by atoms with Gasteiger partial charge in [0.2, 0.25) is 0 Å². The molecule has 0 atom stereocenters. The Morgan fingerprint density at radius 3 is 2.12 bits per heavy atom. The molecule has 6 heteroatoms. The number of hydrogen-bond donors (Lipinski definition) is 1. The first kappa shape index (κ1) is 23.1. The molecular weight excluding hydrogens is 438 g/mol. The number of piperidine rings is 1. The molecule has 2 aliphatic rings. The Morgan fingerprint density at radius 1 is 0.971 bits per heavy atom. The average molecular weight is 474 g/mol. The minimum Gasteiger partial charge on any atom is -0.404 e. The Kier molecular flexibility index (Phi) is 6.21. The van der Waals surface area contributed by atoms with Crippen LogP contribution in [0.25, 0.3) is 0 Å². The minimum absolute atomic E-state index is 0.0434. The topological polar surface area (TPSA) is 58.2 Å². The van der Waals surface area contributed by atoms with Crippen LogP contribution in [-0.2, 0) is 17.3 Å². The van der Waals surface area contributed by atoms with Crippen LogP contribution in [0.4, 0.5) is 0 Å². The van der Waals surface area contributed by atoms with Gasteiger partial charge < -0.3 is 9.33 Å². The molecule has 1 amide bonds. The number of rotatable bonds is 5. The second-order valence-electron chi connectivity index (χ2n) is 10.7. The van der Waals surface area contributed by atoms with Gasteiger partial charge >= 0.3 is 0 Å². The zero-order valence-corrected chi connectivity index (χ0v) is 21.5. The van der Waals surface area contributed by atoms with Gasteiger partial charge in [0, 0.05) is 30.5 Å². The highest BCUT2D eigenvalue weighted by Gasteiger charge is 2.51. The standard InChI is InChI=1S/C28H35N3O2Si/c1-28(2,3)34(22-11-6-4-7-12-22,23-13-8-5-9-14-23)33-21-17-19-31(20-18-21)27(32)26-24-15-10-16-25(24)29-30-26/h4-9,11-14,21H,10,15-20H2,1-3H3,(H,29,30). The highest BCUT2D eigenvalue weighted by atomic mass is 28.4. The molecule has 178 valence electrons. The molecule has 2 aromatic carbocycles. The van der Waals surface area contributed by atoms with Gasteiger partial charge in [-0.2, -0.15) is 5.10 Å². The lowest BCUT2D eigenvalue weighted by Crippen LogP contribution is -2.68. The molecule has 0 bridgehead atoms. The van der Waals surface area contributed by atoms with Crippen molar-refractivity contribution in [2.75, 3.05) is 13.1 Å². The van der Waals surface area contributed by atoms with Crippen LogP contribution in [0.1, 0.15) is 61.8 Å². The van der Waals surface area contributed by atoms with E-state index in [1.54, 1.807) is 0 Å². The van der Waals surface area contributed by atoms with Gasteiger partial charge in [0.05, 0.1) is 0 Å². The molecular formula is C28H35N3O2Si. The molecule has 0 saturated carbocycles. The molecule has 1 aliphatic carbocycles. The van der Waals surface area contributed by atoms with Gasteiger partial charge in [-0.3, -0.25) is 9.89 Å². The van der Waals surface area contributed by atoms with Crippen LogP contribution in [0.15, 0.2) is 60.7 Å². The van der Waals surface area contributed by atoms with Crippen molar-refractivity contribution in [3.05, 3.63) is 77.6 Å². The molecule has 1 aliphatic heterocycles. The summed E-state index contributed by atoms with van der Waals surface area (Å²) in [7, 11) is -2.57. The van der Waals surface area contributed by atoms with E-state index < -0.39 is 8.32 Å². The Bertz CT molecular complexity index is 1090. The first-order chi connectivity index (χ1) is 16.4. The molecule has 5 nitrogen and oxygen atoms in total. The van der Waals surface area contributed by atoms with E-state index in [-0.39, 0.29) is 17.0 Å². The Morgan fingerprint density at radius 2 is 1.56 bits per heavy atom. The fourth-order valence-electron chi connectivity index (χ4n) is 5.76. The number of carbonyl (C=O) groups is 1. The predicted octanol–water partition coefficient (Wildman–Crippen LogP) is 4.08.